The maximum Gasteiger partial charge on any atom is 0.229 e. The van der Waals surface area contributed by atoms with Gasteiger partial charge in [-0.05, 0) is 38.1 Å². The number of nitrogens with zero attached hydrogens (tertiary/aromatic N) is 4. The lowest BCUT2D eigenvalue weighted by Gasteiger charge is -2.18. The molecule has 1 aromatic carbocycles. The summed E-state index contributed by atoms with van der Waals surface area (Å²) in [5.74, 6) is -0.696. The lowest BCUT2D eigenvalue weighted by molar-refractivity contribution is -0.122. The van der Waals surface area contributed by atoms with Gasteiger partial charge >= 0.3 is 0 Å². The topological polar surface area (TPSA) is 78.4 Å². The van der Waals surface area contributed by atoms with Crippen molar-refractivity contribution in [1.82, 2.24) is 9.97 Å². The Morgan fingerprint density at radius 3 is 2.33 bits per heavy atom. The lowest BCUT2D eigenvalue weighted by Crippen LogP contribution is -2.28. The number of halogens is 1. The van der Waals surface area contributed by atoms with Gasteiger partial charge in [0, 0.05) is 32.7 Å². The first-order valence-electron chi connectivity index (χ1n) is 8.65. The Morgan fingerprint density at radius 1 is 1.19 bits per heavy atom. The van der Waals surface area contributed by atoms with E-state index in [0.717, 1.165) is 0 Å². The zero-order valence-electron chi connectivity index (χ0n) is 15.8. The van der Waals surface area contributed by atoms with Crippen LogP contribution < -0.4 is 15.1 Å². The van der Waals surface area contributed by atoms with E-state index in [1.165, 1.54) is 29.2 Å². The molecule has 2 amide bonds. The van der Waals surface area contributed by atoms with Gasteiger partial charge in [-0.15, -0.1) is 0 Å². The zero-order chi connectivity index (χ0) is 19.7. The second-order valence-electron chi connectivity index (χ2n) is 6.83. The van der Waals surface area contributed by atoms with Crippen molar-refractivity contribution >= 4 is 29.1 Å². The van der Waals surface area contributed by atoms with Crippen LogP contribution in [0.4, 0.5) is 21.7 Å². The minimum atomic E-state index is -0.491. The number of rotatable bonds is 4. The minimum Gasteiger partial charge on any atom is -0.347 e. The fourth-order valence-corrected chi connectivity index (χ4v) is 3.06. The quantitative estimate of drug-likeness (QED) is 0.892. The molecule has 0 spiro atoms. The third-order valence-corrected chi connectivity index (χ3v) is 4.54. The van der Waals surface area contributed by atoms with Crippen LogP contribution >= 0.6 is 0 Å². The Labute approximate surface area is 157 Å². The van der Waals surface area contributed by atoms with Gasteiger partial charge in [0.25, 0.3) is 0 Å². The van der Waals surface area contributed by atoms with Crippen LogP contribution in [0.5, 0.6) is 0 Å². The fraction of sp³-hybridized carbons (Fsp3) is 0.368. The molecule has 1 atom stereocenters. The van der Waals surface area contributed by atoms with Crippen molar-refractivity contribution in [2.45, 2.75) is 20.3 Å². The average Bonchev–Trinajstić information content (AvgIpc) is 3.00. The SMILES string of the molecule is Cc1nc(N(C)C)nc(C)c1NC(=O)C1CC(=O)N(c2ccc(F)cc2)C1. The smallest absolute Gasteiger partial charge is 0.229 e. The number of carbonyl (C=O) groups excluding carboxylic acids is 2. The van der Waals surface area contributed by atoms with Crippen molar-refractivity contribution in [2.75, 3.05) is 35.8 Å². The summed E-state index contributed by atoms with van der Waals surface area (Å²) in [5, 5.41) is 2.87. The molecule has 2 heterocycles. The summed E-state index contributed by atoms with van der Waals surface area (Å²) in [6.45, 7) is 3.87. The molecule has 1 fully saturated rings. The standard InChI is InChI=1S/C19H22FN5O2/c1-11-17(12(2)22-19(21-11)24(3)4)23-18(27)13-9-16(26)25(10-13)15-7-5-14(20)6-8-15/h5-8,13H,9-10H2,1-4H3,(H,23,27). The molecule has 27 heavy (non-hydrogen) atoms. The van der Waals surface area contributed by atoms with E-state index in [-0.39, 0.29) is 30.6 Å². The maximum absolute atomic E-state index is 13.1. The fourth-order valence-electron chi connectivity index (χ4n) is 3.06. The molecule has 0 radical (unpaired) electrons. The van der Waals surface area contributed by atoms with E-state index in [0.29, 0.717) is 28.7 Å². The van der Waals surface area contributed by atoms with Crippen LogP contribution in [0.15, 0.2) is 24.3 Å². The molecule has 142 valence electrons. The number of anilines is 3. The highest BCUT2D eigenvalue weighted by Crippen LogP contribution is 2.27. The Bertz CT molecular complexity index is 859. The molecule has 1 aliphatic rings. The molecule has 0 saturated carbocycles. The number of nitrogens with one attached hydrogen (secondary N) is 1. The Hall–Kier alpha value is -3.03. The van der Waals surface area contributed by atoms with Gasteiger partial charge in [0.15, 0.2) is 0 Å². The van der Waals surface area contributed by atoms with Crippen molar-refractivity contribution in [3.63, 3.8) is 0 Å². The van der Waals surface area contributed by atoms with Gasteiger partial charge in [0.05, 0.1) is 23.0 Å². The van der Waals surface area contributed by atoms with Gasteiger partial charge in [-0.1, -0.05) is 0 Å². The molecule has 2 aromatic rings. The summed E-state index contributed by atoms with van der Waals surface area (Å²) >= 11 is 0. The summed E-state index contributed by atoms with van der Waals surface area (Å²) in [5.41, 5.74) is 2.49. The van der Waals surface area contributed by atoms with Crippen LogP contribution in [-0.4, -0.2) is 42.4 Å². The maximum atomic E-state index is 13.1. The highest BCUT2D eigenvalue weighted by molar-refractivity contribution is 6.03. The molecule has 7 nitrogen and oxygen atoms in total. The summed E-state index contributed by atoms with van der Waals surface area (Å²) < 4.78 is 13.1. The van der Waals surface area contributed by atoms with Crippen molar-refractivity contribution in [3.05, 3.63) is 41.5 Å². The van der Waals surface area contributed by atoms with Gasteiger partial charge in [-0.25, -0.2) is 14.4 Å². The van der Waals surface area contributed by atoms with E-state index in [4.69, 9.17) is 0 Å². The van der Waals surface area contributed by atoms with Gasteiger partial charge in [0.2, 0.25) is 17.8 Å². The Balaban J connectivity index is 1.74. The molecule has 1 saturated heterocycles. The number of amides is 2. The predicted octanol–water partition coefficient (Wildman–Crippen LogP) is 2.29. The van der Waals surface area contributed by atoms with E-state index >= 15 is 0 Å². The zero-order valence-corrected chi connectivity index (χ0v) is 15.8. The summed E-state index contributed by atoms with van der Waals surface area (Å²) in [6, 6.07) is 5.67. The van der Waals surface area contributed by atoms with Crippen molar-refractivity contribution in [3.8, 4) is 0 Å². The molecular formula is C19H22FN5O2. The van der Waals surface area contributed by atoms with Gasteiger partial charge in [-0.3, -0.25) is 9.59 Å². The third-order valence-electron chi connectivity index (χ3n) is 4.54. The molecule has 1 unspecified atom stereocenters. The van der Waals surface area contributed by atoms with Gasteiger partial charge in [-0.2, -0.15) is 0 Å². The largest absolute Gasteiger partial charge is 0.347 e. The van der Waals surface area contributed by atoms with Crippen LogP contribution in [0.25, 0.3) is 0 Å². The van der Waals surface area contributed by atoms with Crippen molar-refractivity contribution in [2.24, 2.45) is 5.92 Å². The molecule has 0 bridgehead atoms. The lowest BCUT2D eigenvalue weighted by atomic mass is 10.1. The second-order valence-corrected chi connectivity index (χ2v) is 6.83. The molecular weight excluding hydrogens is 349 g/mol. The van der Waals surface area contributed by atoms with Crippen LogP contribution in [0.1, 0.15) is 17.8 Å². The molecule has 1 aliphatic heterocycles. The average molecular weight is 371 g/mol. The highest BCUT2D eigenvalue weighted by Gasteiger charge is 2.35. The normalized spacial score (nSPS) is 16.6. The first-order valence-corrected chi connectivity index (χ1v) is 8.65. The Morgan fingerprint density at radius 2 is 1.78 bits per heavy atom. The summed E-state index contributed by atoms with van der Waals surface area (Å²) in [7, 11) is 3.70. The number of aromatic nitrogens is 2. The molecule has 8 heteroatoms. The number of benzene rings is 1. The highest BCUT2D eigenvalue weighted by atomic mass is 19.1. The van der Waals surface area contributed by atoms with E-state index in [9.17, 15) is 14.0 Å². The molecule has 1 aromatic heterocycles. The van der Waals surface area contributed by atoms with Crippen LogP contribution in [-0.2, 0) is 9.59 Å². The number of carbonyl (C=O) groups is 2. The molecule has 0 aliphatic carbocycles. The minimum absolute atomic E-state index is 0.109. The summed E-state index contributed by atoms with van der Waals surface area (Å²) in [4.78, 5) is 37.1. The van der Waals surface area contributed by atoms with Crippen LogP contribution in [0, 0.1) is 25.6 Å². The number of hydrogen-bond acceptors (Lipinski definition) is 5. The van der Waals surface area contributed by atoms with Gasteiger partial charge in [0.1, 0.15) is 5.82 Å². The third kappa shape index (κ3) is 3.89. The first kappa shape index (κ1) is 18.8. The monoisotopic (exact) mass is 371 g/mol. The van der Waals surface area contributed by atoms with Crippen molar-refractivity contribution < 1.29 is 14.0 Å². The van der Waals surface area contributed by atoms with E-state index in [1.807, 2.05) is 27.9 Å². The molecule has 1 N–H and O–H groups in total. The van der Waals surface area contributed by atoms with Crippen LogP contribution in [0.2, 0.25) is 0 Å². The van der Waals surface area contributed by atoms with E-state index < -0.39 is 5.92 Å². The van der Waals surface area contributed by atoms with Crippen LogP contribution in [0.3, 0.4) is 0 Å². The number of aryl methyl sites for hydroxylation is 2. The molecule has 3 rings (SSSR count). The first-order chi connectivity index (χ1) is 12.8. The van der Waals surface area contributed by atoms with E-state index in [1.54, 1.807) is 4.90 Å². The Kier molecular flexibility index (Phi) is 5.07. The van der Waals surface area contributed by atoms with Gasteiger partial charge < -0.3 is 15.1 Å². The second kappa shape index (κ2) is 7.30. The number of hydrogen-bond donors (Lipinski definition) is 1. The summed E-state index contributed by atoms with van der Waals surface area (Å²) in [6.07, 6.45) is 0.109. The van der Waals surface area contributed by atoms with Crippen molar-refractivity contribution in [1.29, 1.82) is 0 Å². The predicted molar refractivity (Wildman–Crippen MR) is 101 cm³/mol. The van der Waals surface area contributed by atoms with E-state index in [2.05, 4.69) is 15.3 Å².